The minimum absolute atomic E-state index is 0.0630. The van der Waals surface area contributed by atoms with Crippen LogP contribution in [0, 0.1) is 6.92 Å². The van der Waals surface area contributed by atoms with Crippen molar-refractivity contribution >= 4 is 40.5 Å². The molecule has 2 aromatic rings. The highest BCUT2D eigenvalue weighted by atomic mass is 35.5. The van der Waals surface area contributed by atoms with Crippen LogP contribution in [0.1, 0.15) is 36.5 Å². The van der Waals surface area contributed by atoms with E-state index in [1.54, 1.807) is 32.0 Å². The van der Waals surface area contributed by atoms with Gasteiger partial charge in [-0.05, 0) is 36.8 Å². The third-order valence-electron chi connectivity index (χ3n) is 4.68. The highest BCUT2D eigenvalue weighted by molar-refractivity contribution is 6.34. The first-order valence-corrected chi connectivity index (χ1v) is 9.50. The number of anilines is 1. The average molecular weight is 445 g/mol. The number of alkyl halides is 3. The van der Waals surface area contributed by atoms with Crippen molar-refractivity contribution in [2.24, 2.45) is 5.16 Å². The number of nitrogens with zero attached hydrogens (tertiary/aromatic N) is 1. The van der Waals surface area contributed by atoms with E-state index in [2.05, 4.69) is 10.5 Å². The SMILES string of the molecule is CCC(=O)Nc1cc(C2=NOC(c3cc(Cl)cc(Cl)c3)(C(F)(F)F)C2)ccc1C. The molecule has 0 saturated heterocycles. The molecule has 1 N–H and O–H groups in total. The standard InChI is InChI=1S/C20H17Cl2F3N2O2/c1-3-18(28)26-16-6-12(5-4-11(16)2)17-10-19(29-27-17,20(23,24)25)13-7-14(21)9-15(22)8-13/h4-9H,3,10H2,1-2H3,(H,26,28). The molecular weight excluding hydrogens is 428 g/mol. The number of carbonyl (C=O) groups excluding carboxylic acids is 1. The Balaban J connectivity index is 1.99. The Morgan fingerprint density at radius 2 is 1.86 bits per heavy atom. The van der Waals surface area contributed by atoms with Crippen molar-refractivity contribution in [1.29, 1.82) is 0 Å². The molecule has 1 amide bonds. The molecule has 9 heteroatoms. The fourth-order valence-corrected chi connectivity index (χ4v) is 3.55. The number of hydrogen-bond acceptors (Lipinski definition) is 3. The summed E-state index contributed by atoms with van der Waals surface area (Å²) in [6.45, 7) is 3.49. The van der Waals surface area contributed by atoms with Crippen molar-refractivity contribution in [3.05, 3.63) is 63.1 Å². The third kappa shape index (κ3) is 4.21. The van der Waals surface area contributed by atoms with E-state index in [4.69, 9.17) is 28.0 Å². The largest absolute Gasteiger partial charge is 0.435 e. The summed E-state index contributed by atoms with van der Waals surface area (Å²) >= 11 is 11.8. The minimum atomic E-state index is -4.77. The summed E-state index contributed by atoms with van der Waals surface area (Å²) in [5.74, 6) is -0.201. The fraction of sp³-hybridized carbons (Fsp3) is 0.300. The average Bonchev–Trinajstić information content (AvgIpc) is 3.09. The van der Waals surface area contributed by atoms with Gasteiger partial charge in [-0.15, -0.1) is 0 Å². The van der Waals surface area contributed by atoms with Crippen LogP contribution in [0.2, 0.25) is 10.0 Å². The lowest BCUT2D eigenvalue weighted by Crippen LogP contribution is -2.42. The monoisotopic (exact) mass is 444 g/mol. The summed E-state index contributed by atoms with van der Waals surface area (Å²) in [7, 11) is 0. The van der Waals surface area contributed by atoms with Crippen molar-refractivity contribution in [2.75, 3.05) is 5.32 Å². The van der Waals surface area contributed by atoms with Crippen LogP contribution in [-0.2, 0) is 15.2 Å². The van der Waals surface area contributed by atoms with E-state index in [1.807, 2.05) is 0 Å². The Bertz CT molecular complexity index is 972. The van der Waals surface area contributed by atoms with Gasteiger partial charge in [0, 0.05) is 39.7 Å². The smallest absolute Gasteiger partial charge is 0.374 e. The molecule has 1 unspecified atom stereocenters. The maximum absolute atomic E-state index is 14.1. The Labute approximate surface area is 175 Å². The highest BCUT2D eigenvalue weighted by Gasteiger charge is 2.62. The van der Waals surface area contributed by atoms with Crippen LogP contribution in [0.3, 0.4) is 0 Å². The molecule has 0 fully saturated rings. The van der Waals surface area contributed by atoms with Gasteiger partial charge in [0.2, 0.25) is 5.91 Å². The van der Waals surface area contributed by atoms with E-state index in [1.165, 1.54) is 18.2 Å². The highest BCUT2D eigenvalue weighted by Crippen LogP contribution is 2.49. The second kappa shape index (κ2) is 7.88. The van der Waals surface area contributed by atoms with Gasteiger partial charge in [0.25, 0.3) is 5.60 Å². The Hall–Kier alpha value is -2.25. The van der Waals surface area contributed by atoms with Crippen molar-refractivity contribution in [2.45, 2.75) is 38.5 Å². The van der Waals surface area contributed by atoms with Crippen LogP contribution < -0.4 is 5.32 Å². The van der Waals surface area contributed by atoms with E-state index in [-0.39, 0.29) is 33.6 Å². The van der Waals surface area contributed by atoms with Crippen molar-refractivity contribution in [3.8, 4) is 0 Å². The first kappa shape index (κ1) is 21.5. The van der Waals surface area contributed by atoms with E-state index >= 15 is 0 Å². The summed E-state index contributed by atoms with van der Waals surface area (Å²) in [6, 6.07) is 8.60. The van der Waals surface area contributed by atoms with E-state index in [9.17, 15) is 18.0 Å². The second-order valence-corrected chi connectivity index (χ2v) is 7.59. The van der Waals surface area contributed by atoms with Crippen molar-refractivity contribution in [3.63, 3.8) is 0 Å². The van der Waals surface area contributed by atoms with Gasteiger partial charge in [0.1, 0.15) is 0 Å². The third-order valence-corrected chi connectivity index (χ3v) is 5.12. The van der Waals surface area contributed by atoms with E-state index < -0.39 is 18.2 Å². The van der Waals surface area contributed by atoms with Crippen LogP contribution in [0.15, 0.2) is 41.6 Å². The number of amides is 1. The molecule has 0 radical (unpaired) electrons. The van der Waals surface area contributed by atoms with Crippen LogP contribution in [0.5, 0.6) is 0 Å². The van der Waals surface area contributed by atoms with Gasteiger partial charge in [0.05, 0.1) is 5.71 Å². The molecule has 4 nitrogen and oxygen atoms in total. The molecule has 3 rings (SSSR count). The van der Waals surface area contributed by atoms with Gasteiger partial charge < -0.3 is 10.2 Å². The molecule has 0 spiro atoms. The molecule has 1 heterocycles. The van der Waals surface area contributed by atoms with Gasteiger partial charge in [-0.2, -0.15) is 13.2 Å². The van der Waals surface area contributed by atoms with Crippen molar-refractivity contribution < 1.29 is 22.8 Å². The van der Waals surface area contributed by atoms with Gasteiger partial charge in [-0.25, -0.2) is 0 Å². The molecule has 0 saturated carbocycles. The molecule has 29 heavy (non-hydrogen) atoms. The predicted octanol–water partition coefficient (Wildman–Crippen LogP) is 6.23. The van der Waals surface area contributed by atoms with E-state index in [0.29, 0.717) is 11.3 Å². The molecule has 1 aliphatic heterocycles. The molecule has 1 atom stereocenters. The zero-order valence-electron chi connectivity index (χ0n) is 15.5. The summed E-state index contributed by atoms with van der Waals surface area (Å²) in [4.78, 5) is 16.7. The topological polar surface area (TPSA) is 50.7 Å². The Morgan fingerprint density at radius 3 is 2.45 bits per heavy atom. The maximum atomic E-state index is 14.1. The maximum Gasteiger partial charge on any atom is 0.435 e. The fourth-order valence-electron chi connectivity index (χ4n) is 3.02. The van der Waals surface area contributed by atoms with Crippen molar-refractivity contribution in [1.82, 2.24) is 0 Å². The van der Waals surface area contributed by atoms with E-state index in [0.717, 1.165) is 5.56 Å². The quantitative estimate of drug-likeness (QED) is 0.607. The zero-order chi connectivity index (χ0) is 21.4. The summed E-state index contributed by atoms with van der Waals surface area (Å²) < 4.78 is 42.2. The molecule has 0 aliphatic carbocycles. The van der Waals surface area contributed by atoms with Gasteiger partial charge >= 0.3 is 6.18 Å². The number of rotatable bonds is 4. The van der Waals surface area contributed by atoms with Crippen LogP contribution in [-0.4, -0.2) is 17.8 Å². The lowest BCUT2D eigenvalue weighted by molar-refractivity contribution is -0.275. The van der Waals surface area contributed by atoms with Gasteiger partial charge in [-0.3, -0.25) is 4.79 Å². The first-order valence-electron chi connectivity index (χ1n) is 8.75. The number of aryl methyl sites for hydroxylation is 1. The van der Waals surface area contributed by atoms with Gasteiger partial charge in [0.15, 0.2) is 0 Å². The molecule has 1 aliphatic rings. The number of oxime groups is 1. The predicted molar refractivity (Wildman–Crippen MR) is 107 cm³/mol. The summed E-state index contributed by atoms with van der Waals surface area (Å²) in [5.41, 5.74) is -1.13. The molecule has 0 aromatic heterocycles. The molecule has 154 valence electrons. The number of hydrogen-bond donors (Lipinski definition) is 1. The number of benzene rings is 2. The number of nitrogens with one attached hydrogen (secondary N) is 1. The Morgan fingerprint density at radius 1 is 1.21 bits per heavy atom. The number of halogens is 5. The Kier molecular flexibility index (Phi) is 5.83. The van der Waals surface area contributed by atoms with Crippen LogP contribution in [0.25, 0.3) is 0 Å². The first-order chi connectivity index (χ1) is 13.6. The van der Waals surface area contributed by atoms with Crippen LogP contribution in [0.4, 0.5) is 18.9 Å². The lowest BCUT2D eigenvalue weighted by atomic mass is 9.86. The number of carbonyl (C=O) groups is 1. The zero-order valence-corrected chi connectivity index (χ0v) is 17.0. The van der Waals surface area contributed by atoms with Gasteiger partial charge in [-0.1, -0.05) is 47.4 Å². The summed E-state index contributed by atoms with van der Waals surface area (Å²) in [6.07, 6.45) is -5.05. The summed E-state index contributed by atoms with van der Waals surface area (Å²) in [5, 5.41) is 6.59. The minimum Gasteiger partial charge on any atom is -0.374 e. The molecule has 2 aromatic carbocycles. The molecular formula is C20H17Cl2F3N2O2. The lowest BCUT2D eigenvalue weighted by Gasteiger charge is -2.29. The second-order valence-electron chi connectivity index (χ2n) is 6.72. The normalized spacial score (nSPS) is 18.9. The molecule has 0 bridgehead atoms. The van der Waals surface area contributed by atoms with Crippen LogP contribution >= 0.6 is 23.2 Å².